The molecule has 6 nitrogen and oxygen atoms in total. The third kappa shape index (κ3) is 5.36. The highest BCUT2D eigenvalue weighted by Gasteiger charge is 2.25. The van der Waals surface area contributed by atoms with E-state index in [1.54, 1.807) is 13.1 Å². The lowest BCUT2D eigenvalue weighted by molar-refractivity contribution is 0.158. The van der Waals surface area contributed by atoms with Gasteiger partial charge < -0.3 is 4.57 Å². The number of aromatic nitrogens is 2. The van der Waals surface area contributed by atoms with E-state index < -0.39 is 9.84 Å². The summed E-state index contributed by atoms with van der Waals surface area (Å²) in [6.45, 7) is 9.85. The Hall–Kier alpha value is -0.920. The van der Waals surface area contributed by atoms with Crippen LogP contribution in [0.25, 0.3) is 0 Å². The van der Waals surface area contributed by atoms with Gasteiger partial charge in [0.15, 0.2) is 0 Å². The molecule has 7 heteroatoms. The summed E-state index contributed by atoms with van der Waals surface area (Å²) in [6.07, 6.45) is 11.9. The van der Waals surface area contributed by atoms with Crippen LogP contribution in [-0.4, -0.2) is 65.7 Å². The molecule has 0 atom stereocenters. The molecule has 0 N–H and O–H groups in total. The SMILES string of the molecule is CCCCn1c(CN2CCCN(C3CCCCC3)CC2)cnc1S(=O)(=O)CC. The van der Waals surface area contributed by atoms with Crippen LogP contribution in [0.1, 0.15) is 70.9 Å². The topological polar surface area (TPSA) is 58.4 Å². The molecule has 1 aliphatic heterocycles. The molecule has 160 valence electrons. The van der Waals surface area contributed by atoms with Gasteiger partial charge in [-0.15, -0.1) is 0 Å². The van der Waals surface area contributed by atoms with Gasteiger partial charge in [-0.3, -0.25) is 9.80 Å². The van der Waals surface area contributed by atoms with Gasteiger partial charge in [0.1, 0.15) is 0 Å². The molecule has 1 aromatic heterocycles. The van der Waals surface area contributed by atoms with E-state index in [0.717, 1.165) is 57.3 Å². The molecule has 0 spiro atoms. The van der Waals surface area contributed by atoms with Gasteiger partial charge in [0.2, 0.25) is 15.0 Å². The molecule has 2 aliphatic rings. The van der Waals surface area contributed by atoms with Crippen molar-refractivity contribution in [3.05, 3.63) is 11.9 Å². The number of hydrogen-bond donors (Lipinski definition) is 0. The fourth-order valence-electron chi connectivity index (χ4n) is 4.64. The second kappa shape index (κ2) is 10.2. The summed E-state index contributed by atoms with van der Waals surface area (Å²) in [5, 5.41) is 0.261. The van der Waals surface area contributed by atoms with Crippen molar-refractivity contribution in [2.75, 3.05) is 31.9 Å². The highest BCUT2D eigenvalue weighted by Crippen LogP contribution is 2.24. The van der Waals surface area contributed by atoms with E-state index in [4.69, 9.17) is 0 Å². The fraction of sp³-hybridized carbons (Fsp3) is 0.857. The predicted molar refractivity (Wildman–Crippen MR) is 113 cm³/mol. The molecule has 0 amide bonds. The normalized spacial score (nSPS) is 21.1. The van der Waals surface area contributed by atoms with Crippen molar-refractivity contribution < 1.29 is 8.42 Å². The Morgan fingerprint density at radius 3 is 2.54 bits per heavy atom. The smallest absolute Gasteiger partial charge is 0.227 e. The number of imidazole rings is 1. The van der Waals surface area contributed by atoms with Gasteiger partial charge in [-0.25, -0.2) is 13.4 Å². The van der Waals surface area contributed by atoms with Crippen LogP contribution in [0.3, 0.4) is 0 Å². The summed E-state index contributed by atoms with van der Waals surface area (Å²) in [5.41, 5.74) is 1.05. The average molecular weight is 411 g/mol. The molecular formula is C21H38N4O2S. The average Bonchev–Trinajstić information content (AvgIpc) is 2.97. The third-order valence-corrected chi connectivity index (χ3v) is 8.04. The zero-order chi connectivity index (χ0) is 20.0. The molecular weight excluding hydrogens is 372 g/mol. The van der Waals surface area contributed by atoms with Crippen molar-refractivity contribution >= 4 is 9.84 Å². The summed E-state index contributed by atoms with van der Waals surface area (Å²) in [7, 11) is -3.28. The zero-order valence-corrected chi connectivity index (χ0v) is 18.6. The first-order chi connectivity index (χ1) is 13.5. The molecule has 1 saturated heterocycles. The molecule has 28 heavy (non-hydrogen) atoms. The quantitative estimate of drug-likeness (QED) is 0.658. The van der Waals surface area contributed by atoms with Crippen molar-refractivity contribution in [2.45, 2.75) is 89.5 Å². The second-order valence-electron chi connectivity index (χ2n) is 8.40. The molecule has 0 unspecified atom stereocenters. The molecule has 0 radical (unpaired) electrons. The maximum absolute atomic E-state index is 12.5. The van der Waals surface area contributed by atoms with Crippen LogP contribution in [0.4, 0.5) is 0 Å². The Balaban J connectivity index is 1.67. The van der Waals surface area contributed by atoms with Gasteiger partial charge in [-0.05, 0) is 38.8 Å². The van der Waals surface area contributed by atoms with Gasteiger partial charge in [0.05, 0.1) is 17.6 Å². The first-order valence-corrected chi connectivity index (χ1v) is 12.9. The highest BCUT2D eigenvalue weighted by atomic mass is 32.2. The lowest BCUT2D eigenvalue weighted by atomic mass is 9.94. The lowest BCUT2D eigenvalue weighted by Gasteiger charge is -2.33. The van der Waals surface area contributed by atoms with E-state index in [2.05, 4.69) is 21.7 Å². The summed E-state index contributed by atoms with van der Waals surface area (Å²) in [5.74, 6) is 0.107. The Labute approximate surface area is 171 Å². The Morgan fingerprint density at radius 1 is 1.04 bits per heavy atom. The first-order valence-electron chi connectivity index (χ1n) is 11.3. The molecule has 1 aliphatic carbocycles. The summed E-state index contributed by atoms with van der Waals surface area (Å²) < 4.78 is 26.9. The first kappa shape index (κ1) is 21.8. The van der Waals surface area contributed by atoms with Crippen LogP contribution in [0.5, 0.6) is 0 Å². The second-order valence-corrected chi connectivity index (χ2v) is 10.6. The standard InChI is InChI=1S/C21H38N4O2S/c1-3-5-14-25-20(17-22-21(25)28(26,27)4-2)18-23-12-9-13-24(16-15-23)19-10-7-6-8-11-19/h17,19H,3-16,18H2,1-2H3. The molecule has 1 aromatic rings. The highest BCUT2D eigenvalue weighted by molar-refractivity contribution is 7.91. The van der Waals surface area contributed by atoms with Crippen LogP contribution in [0.2, 0.25) is 0 Å². The Kier molecular flexibility index (Phi) is 7.94. The van der Waals surface area contributed by atoms with Gasteiger partial charge in [-0.2, -0.15) is 0 Å². The molecule has 1 saturated carbocycles. The largest absolute Gasteiger partial charge is 0.318 e. The molecule has 2 fully saturated rings. The van der Waals surface area contributed by atoms with Crippen molar-refractivity contribution in [3.63, 3.8) is 0 Å². The maximum Gasteiger partial charge on any atom is 0.227 e. The minimum atomic E-state index is -3.28. The monoisotopic (exact) mass is 410 g/mol. The molecule has 0 bridgehead atoms. The van der Waals surface area contributed by atoms with Gasteiger partial charge in [0, 0.05) is 32.2 Å². The van der Waals surface area contributed by atoms with E-state index in [1.165, 1.54) is 45.1 Å². The maximum atomic E-state index is 12.5. The summed E-state index contributed by atoms with van der Waals surface area (Å²) in [6, 6.07) is 0.782. The molecule has 2 heterocycles. The number of nitrogens with zero attached hydrogens (tertiary/aromatic N) is 4. The number of unbranched alkanes of at least 4 members (excludes halogenated alkanes) is 1. The van der Waals surface area contributed by atoms with Crippen LogP contribution >= 0.6 is 0 Å². The zero-order valence-electron chi connectivity index (χ0n) is 17.8. The minimum Gasteiger partial charge on any atom is -0.318 e. The van der Waals surface area contributed by atoms with Crippen LogP contribution in [0.15, 0.2) is 11.4 Å². The Bertz CT molecular complexity index is 710. The van der Waals surface area contributed by atoms with E-state index in [9.17, 15) is 8.42 Å². The fourth-order valence-corrected chi connectivity index (χ4v) is 5.66. The number of sulfone groups is 1. The predicted octanol–water partition coefficient (Wildman–Crippen LogP) is 3.32. The third-order valence-electron chi connectivity index (χ3n) is 6.39. The van der Waals surface area contributed by atoms with Gasteiger partial charge in [0.25, 0.3) is 0 Å². The van der Waals surface area contributed by atoms with E-state index in [-0.39, 0.29) is 10.9 Å². The minimum absolute atomic E-state index is 0.107. The molecule has 0 aromatic carbocycles. The number of hydrogen-bond acceptors (Lipinski definition) is 5. The van der Waals surface area contributed by atoms with E-state index >= 15 is 0 Å². The summed E-state index contributed by atoms with van der Waals surface area (Å²) >= 11 is 0. The van der Waals surface area contributed by atoms with Crippen LogP contribution < -0.4 is 0 Å². The lowest BCUT2D eigenvalue weighted by Crippen LogP contribution is -2.39. The van der Waals surface area contributed by atoms with Gasteiger partial charge in [-0.1, -0.05) is 39.5 Å². The van der Waals surface area contributed by atoms with Crippen molar-refractivity contribution in [1.29, 1.82) is 0 Å². The number of rotatable bonds is 8. The van der Waals surface area contributed by atoms with E-state index in [0.29, 0.717) is 0 Å². The van der Waals surface area contributed by atoms with Gasteiger partial charge >= 0.3 is 0 Å². The molecule has 3 rings (SSSR count). The van der Waals surface area contributed by atoms with Crippen LogP contribution in [-0.2, 0) is 22.9 Å². The van der Waals surface area contributed by atoms with E-state index in [1.807, 2.05) is 4.57 Å². The van der Waals surface area contributed by atoms with Crippen molar-refractivity contribution in [2.24, 2.45) is 0 Å². The van der Waals surface area contributed by atoms with Crippen molar-refractivity contribution in [3.8, 4) is 0 Å². The van der Waals surface area contributed by atoms with Crippen LogP contribution in [0, 0.1) is 0 Å². The van der Waals surface area contributed by atoms with Crippen molar-refractivity contribution in [1.82, 2.24) is 19.4 Å². The Morgan fingerprint density at radius 2 is 1.82 bits per heavy atom. The summed E-state index contributed by atoms with van der Waals surface area (Å²) in [4.78, 5) is 9.53.